The summed E-state index contributed by atoms with van der Waals surface area (Å²) in [5, 5.41) is 14.1. The fraction of sp³-hybridized carbons (Fsp3) is 0.737. The third-order valence-electron chi connectivity index (χ3n) is 5.16. The van der Waals surface area contributed by atoms with Gasteiger partial charge in [-0.25, -0.2) is 0 Å². The molecule has 0 spiro atoms. The second-order valence-corrected chi connectivity index (χ2v) is 7.35. The first kappa shape index (κ1) is 23.7. The topological polar surface area (TPSA) is 83.3 Å². The maximum atomic E-state index is 12.1. The van der Waals surface area contributed by atoms with Crippen LogP contribution in [0.4, 0.5) is 0 Å². The number of aliphatic imine (C=N–C) groups is 1. The smallest absolute Gasteiger partial charge is 0.239 e. The number of aryl methyl sites for hydroxylation is 2. The molecule has 3 N–H and O–H groups in total. The largest absolute Gasteiger partial charge is 0.354 e. The van der Waals surface area contributed by atoms with Gasteiger partial charge in [0.1, 0.15) is 0 Å². The number of nitrogens with one attached hydrogen (secondary N) is 3. The predicted octanol–water partition coefficient (Wildman–Crippen LogP) is 2.20. The summed E-state index contributed by atoms with van der Waals surface area (Å²) < 4.78 is 1.92. The second-order valence-electron chi connectivity index (χ2n) is 7.35. The summed E-state index contributed by atoms with van der Waals surface area (Å²) in [6.45, 7) is 6.48. The van der Waals surface area contributed by atoms with E-state index in [0.29, 0.717) is 12.0 Å². The lowest BCUT2D eigenvalue weighted by Gasteiger charge is -2.23. The van der Waals surface area contributed by atoms with E-state index in [-0.39, 0.29) is 42.5 Å². The number of guanidine groups is 1. The molecular formula is C19H35IN6O. The summed E-state index contributed by atoms with van der Waals surface area (Å²) in [4.78, 5) is 16.4. The molecule has 154 valence electrons. The molecule has 1 saturated carbocycles. The van der Waals surface area contributed by atoms with Crippen molar-refractivity contribution in [1.29, 1.82) is 0 Å². The molecule has 0 radical (unpaired) electrons. The molecule has 7 nitrogen and oxygen atoms in total. The zero-order valence-electron chi connectivity index (χ0n) is 17.3. The molecular weight excluding hydrogens is 455 g/mol. The minimum absolute atomic E-state index is 0. The Hall–Kier alpha value is -1.32. The first-order valence-corrected chi connectivity index (χ1v) is 9.66. The number of hydrogen-bond acceptors (Lipinski definition) is 3. The van der Waals surface area contributed by atoms with Gasteiger partial charge in [0.2, 0.25) is 5.91 Å². The van der Waals surface area contributed by atoms with Crippen LogP contribution < -0.4 is 16.0 Å². The van der Waals surface area contributed by atoms with Crippen LogP contribution in [0.1, 0.15) is 56.0 Å². The Balaban J connectivity index is 0.00000364. The zero-order valence-corrected chi connectivity index (χ0v) is 19.6. The fourth-order valence-electron chi connectivity index (χ4n) is 3.59. The van der Waals surface area contributed by atoms with Gasteiger partial charge in [0.05, 0.1) is 12.2 Å². The highest BCUT2D eigenvalue weighted by molar-refractivity contribution is 14.0. The van der Waals surface area contributed by atoms with Crippen LogP contribution in [-0.4, -0.2) is 47.3 Å². The lowest BCUT2D eigenvalue weighted by atomic mass is 9.95. The normalized spacial score (nSPS) is 16.4. The SMILES string of the molecule is CN=C(NCC(=O)NC1CCCCC1)NC(C)Cc1c(C)nn(C)c1C.I. The Kier molecular flexibility index (Phi) is 10.1. The van der Waals surface area contributed by atoms with Crippen molar-refractivity contribution in [2.75, 3.05) is 13.6 Å². The molecule has 0 aromatic carbocycles. The van der Waals surface area contributed by atoms with Crippen LogP contribution in [0.15, 0.2) is 4.99 Å². The van der Waals surface area contributed by atoms with Gasteiger partial charge in [0.25, 0.3) is 0 Å². The number of halogens is 1. The molecule has 0 bridgehead atoms. The number of carbonyl (C=O) groups is 1. The maximum Gasteiger partial charge on any atom is 0.239 e. The standard InChI is InChI=1S/C19H34N6O.HI/c1-13(11-17-14(2)24-25(5)15(17)3)22-19(20-4)21-12-18(26)23-16-9-7-6-8-10-16;/h13,16H,6-12H2,1-5H3,(H,23,26)(H2,20,21,22);1H. The quantitative estimate of drug-likeness (QED) is 0.325. The van der Waals surface area contributed by atoms with Gasteiger partial charge >= 0.3 is 0 Å². The third-order valence-corrected chi connectivity index (χ3v) is 5.16. The lowest BCUT2D eigenvalue weighted by Crippen LogP contribution is -2.48. The van der Waals surface area contributed by atoms with E-state index < -0.39 is 0 Å². The van der Waals surface area contributed by atoms with Gasteiger partial charge in [-0.2, -0.15) is 5.10 Å². The fourth-order valence-corrected chi connectivity index (χ4v) is 3.59. The molecule has 8 heteroatoms. The first-order valence-electron chi connectivity index (χ1n) is 9.66. The molecule has 1 aromatic rings. The predicted molar refractivity (Wildman–Crippen MR) is 121 cm³/mol. The van der Waals surface area contributed by atoms with Gasteiger partial charge in [-0.1, -0.05) is 19.3 Å². The zero-order chi connectivity index (χ0) is 19.1. The number of aromatic nitrogens is 2. The van der Waals surface area contributed by atoms with Gasteiger partial charge in [0, 0.05) is 31.9 Å². The van der Waals surface area contributed by atoms with Crippen molar-refractivity contribution in [2.45, 2.75) is 71.4 Å². The van der Waals surface area contributed by atoms with Crippen molar-refractivity contribution in [1.82, 2.24) is 25.7 Å². The van der Waals surface area contributed by atoms with E-state index in [4.69, 9.17) is 0 Å². The Bertz CT molecular complexity index is 636. The highest BCUT2D eigenvalue weighted by atomic mass is 127. The van der Waals surface area contributed by atoms with Crippen LogP contribution in [0.3, 0.4) is 0 Å². The number of carbonyl (C=O) groups excluding carboxylic acids is 1. The molecule has 1 unspecified atom stereocenters. The van der Waals surface area contributed by atoms with Crippen LogP contribution in [0.5, 0.6) is 0 Å². The van der Waals surface area contributed by atoms with Crippen molar-refractivity contribution in [3.8, 4) is 0 Å². The molecule has 27 heavy (non-hydrogen) atoms. The molecule has 1 aliphatic rings. The van der Waals surface area contributed by atoms with E-state index in [9.17, 15) is 4.79 Å². The average Bonchev–Trinajstić information content (AvgIpc) is 2.85. The molecule has 1 heterocycles. The van der Waals surface area contributed by atoms with Crippen molar-refractivity contribution in [3.05, 3.63) is 17.0 Å². The van der Waals surface area contributed by atoms with Gasteiger partial charge < -0.3 is 16.0 Å². The second kappa shape index (κ2) is 11.5. The first-order chi connectivity index (χ1) is 12.4. The Morgan fingerprint density at radius 3 is 2.52 bits per heavy atom. The Morgan fingerprint density at radius 2 is 1.96 bits per heavy atom. The summed E-state index contributed by atoms with van der Waals surface area (Å²) in [6.07, 6.45) is 6.77. The van der Waals surface area contributed by atoms with E-state index in [1.165, 1.54) is 30.5 Å². The van der Waals surface area contributed by atoms with E-state index in [0.717, 1.165) is 25.0 Å². The van der Waals surface area contributed by atoms with E-state index in [1.807, 2.05) is 18.7 Å². The Labute approximate surface area is 180 Å². The summed E-state index contributed by atoms with van der Waals surface area (Å²) in [6, 6.07) is 0.521. The average molecular weight is 490 g/mol. The minimum atomic E-state index is 0. The number of nitrogens with zero attached hydrogens (tertiary/aromatic N) is 3. The van der Waals surface area contributed by atoms with Crippen molar-refractivity contribution in [3.63, 3.8) is 0 Å². The number of rotatable bonds is 6. The van der Waals surface area contributed by atoms with Gasteiger partial charge in [-0.3, -0.25) is 14.5 Å². The van der Waals surface area contributed by atoms with Gasteiger partial charge in [-0.15, -0.1) is 24.0 Å². The van der Waals surface area contributed by atoms with Crippen molar-refractivity contribution in [2.24, 2.45) is 12.0 Å². The van der Waals surface area contributed by atoms with E-state index in [1.54, 1.807) is 7.05 Å². The minimum Gasteiger partial charge on any atom is -0.354 e. The highest BCUT2D eigenvalue weighted by Gasteiger charge is 2.17. The molecule has 0 aliphatic heterocycles. The molecule has 1 aliphatic carbocycles. The van der Waals surface area contributed by atoms with Gasteiger partial charge in [0.15, 0.2) is 5.96 Å². The van der Waals surface area contributed by atoms with Crippen LogP contribution in [0.25, 0.3) is 0 Å². The molecule has 2 rings (SSSR count). The van der Waals surface area contributed by atoms with Crippen LogP contribution >= 0.6 is 24.0 Å². The lowest BCUT2D eigenvalue weighted by molar-refractivity contribution is -0.120. The van der Waals surface area contributed by atoms with Gasteiger partial charge in [-0.05, 0) is 45.6 Å². The molecule has 1 fully saturated rings. The van der Waals surface area contributed by atoms with Crippen molar-refractivity contribution >= 4 is 35.8 Å². The molecule has 1 amide bonds. The summed E-state index contributed by atoms with van der Waals surface area (Å²) in [5.74, 6) is 0.682. The molecule has 0 saturated heterocycles. The number of hydrogen-bond donors (Lipinski definition) is 3. The van der Waals surface area contributed by atoms with Crippen LogP contribution in [0, 0.1) is 13.8 Å². The molecule has 1 atom stereocenters. The van der Waals surface area contributed by atoms with E-state index >= 15 is 0 Å². The maximum absolute atomic E-state index is 12.1. The third kappa shape index (κ3) is 7.31. The monoisotopic (exact) mass is 490 g/mol. The summed E-state index contributed by atoms with van der Waals surface area (Å²) in [5.41, 5.74) is 3.51. The van der Waals surface area contributed by atoms with E-state index in [2.05, 4.69) is 39.9 Å². The molecule has 1 aromatic heterocycles. The highest BCUT2D eigenvalue weighted by Crippen LogP contribution is 2.17. The Morgan fingerprint density at radius 1 is 1.30 bits per heavy atom. The number of amides is 1. The summed E-state index contributed by atoms with van der Waals surface area (Å²) >= 11 is 0. The van der Waals surface area contributed by atoms with Crippen LogP contribution in [0.2, 0.25) is 0 Å². The van der Waals surface area contributed by atoms with Crippen LogP contribution in [-0.2, 0) is 18.3 Å². The summed E-state index contributed by atoms with van der Waals surface area (Å²) in [7, 11) is 3.69. The van der Waals surface area contributed by atoms with Crippen molar-refractivity contribution < 1.29 is 4.79 Å².